The van der Waals surface area contributed by atoms with Gasteiger partial charge in [-0.15, -0.1) is 0 Å². The molecule has 4 N–H and O–H groups in total. The van der Waals surface area contributed by atoms with E-state index in [4.69, 9.17) is 23.4 Å². The van der Waals surface area contributed by atoms with E-state index >= 15 is 0 Å². The number of thiocarbonyl (C=S) groups is 1. The summed E-state index contributed by atoms with van der Waals surface area (Å²) in [7, 11) is 0. The van der Waals surface area contributed by atoms with E-state index in [-0.39, 0.29) is 5.82 Å². The van der Waals surface area contributed by atoms with Gasteiger partial charge in [0.05, 0.1) is 22.6 Å². The Morgan fingerprint density at radius 3 is 2.53 bits per heavy atom. The van der Waals surface area contributed by atoms with Crippen LogP contribution in [0.2, 0.25) is 0 Å². The number of hydrogen-bond acceptors (Lipinski definition) is 4. The fraction of sp³-hybridized carbons (Fsp3) is 0.143. The molecule has 0 bridgehead atoms. The van der Waals surface area contributed by atoms with Crippen molar-refractivity contribution in [3.8, 4) is 6.07 Å². The van der Waals surface area contributed by atoms with Gasteiger partial charge in [0.25, 0.3) is 0 Å². The van der Waals surface area contributed by atoms with Gasteiger partial charge >= 0.3 is 0 Å². The van der Waals surface area contributed by atoms with Crippen LogP contribution in [0, 0.1) is 16.7 Å². The van der Waals surface area contributed by atoms with E-state index < -0.39 is 5.41 Å². The second-order valence-corrected chi connectivity index (χ2v) is 4.75. The Morgan fingerprint density at radius 1 is 1.37 bits per heavy atom. The highest BCUT2D eigenvalue weighted by molar-refractivity contribution is 7.80. The quantitative estimate of drug-likeness (QED) is 0.411. The van der Waals surface area contributed by atoms with Crippen molar-refractivity contribution >= 4 is 23.1 Å². The molecule has 0 saturated carbocycles. The molecule has 1 heterocycles. The summed E-state index contributed by atoms with van der Waals surface area (Å²) >= 11 is 5.20. The number of nitrogens with two attached hydrogens (primary N) is 1. The van der Waals surface area contributed by atoms with Crippen LogP contribution < -0.4 is 11.1 Å². The van der Waals surface area contributed by atoms with Crippen molar-refractivity contribution in [2.75, 3.05) is 0 Å². The van der Waals surface area contributed by atoms with Crippen LogP contribution >= 0.6 is 12.2 Å². The minimum Gasteiger partial charge on any atom is -0.384 e. The molecule has 4 nitrogen and oxygen atoms in total. The summed E-state index contributed by atoms with van der Waals surface area (Å²) in [5.41, 5.74) is 6.67. The summed E-state index contributed by atoms with van der Waals surface area (Å²) in [5, 5.41) is 19.6. The molecule has 1 aliphatic rings. The van der Waals surface area contributed by atoms with Gasteiger partial charge in [0.15, 0.2) is 0 Å². The van der Waals surface area contributed by atoms with Crippen molar-refractivity contribution in [3.63, 3.8) is 0 Å². The molecule has 1 aliphatic heterocycles. The van der Waals surface area contributed by atoms with Crippen molar-refractivity contribution < 1.29 is 0 Å². The molecule has 1 aromatic carbocycles. The van der Waals surface area contributed by atoms with Crippen LogP contribution in [0.4, 0.5) is 0 Å². The Labute approximate surface area is 116 Å². The summed E-state index contributed by atoms with van der Waals surface area (Å²) in [6.07, 6.45) is 0. The molecular weight excluding hydrogens is 256 g/mol. The molecule has 0 spiro atoms. The van der Waals surface area contributed by atoms with Gasteiger partial charge in [0.1, 0.15) is 10.8 Å². The number of nitrogens with zero attached hydrogens (tertiary/aromatic N) is 1. The number of nitriles is 1. The Balaban J connectivity index is 2.82. The molecule has 1 atom stereocenters. The maximum atomic E-state index is 9.38. The van der Waals surface area contributed by atoms with Crippen LogP contribution in [0.1, 0.15) is 12.5 Å². The third-order valence-electron chi connectivity index (χ3n) is 3.33. The Bertz CT molecular complexity index is 662. The normalized spacial score (nSPS) is 22.5. The topological polar surface area (TPSA) is 85.7 Å². The highest BCUT2D eigenvalue weighted by Crippen LogP contribution is 2.40. The van der Waals surface area contributed by atoms with Crippen LogP contribution in [-0.4, -0.2) is 10.9 Å². The molecule has 0 fully saturated rings. The molecule has 2 rings (SSSR count). The molecule has 19 heavy (non-hydrogen) atoms. The number of nitrogens with one attached hydrogen (secondary N) is 2. The predicted molar refractivity (Wildman–Crippen MR) is 77.6 cm³/mol. The van der Waals surface area contributed by atoms with Gasteiger partial charge in [-0.2, -0.15) is 5.26 Å². The molecule has 0 aromatic heterocycles. The zero-order valence-corrected chi connectivity index (χ0v) is 11.1. The number of allylic oxidation sites excluding steroid dienone is 1. The first kappa shape index (κ1) is 13.0. The van der Waals surface area contributed by atoms with Gasteiger partial charge in [0.2, 0.25) is 0 Å². The van der Waals surface area contributed by atoms with Gasteiger partial charge in [-0.1, -0.05) is 42.5 Å². The monoisotopic (exact) mass is 268 g/mol. The highest BCUT2D eigenvalue weighted by atomic mass is 32.1. The lowest BCUT2D eigenvalue weighted by Crippen LogP contribution is -2.45. The summed E-state index contributed by atoms with van der Waals surface area (Å²) in [5.74, 6) is 2.58. The van der Waals surface area contributed by atoms with Crippen LogP contribution in [0.15, 0.2) is 47.3 Å². The van der Waals surface area contributed by atoms with Crippen LogP contribution in [0.5, 0.6) is 0 Å². The van der Waals surface area contributed by atoms with Gasteiger partial charge < -0.3 is 11.1 Å². The lowest BCUT2D eigenvalue weighted by molar-refractivity contribution is 0.673. The SMILES string of the molecule is CC1(c2ccccc2)C(=C=N)C(=S)NC(N)=C1C#N. The van der Waals surface area contributed by atoms with Crippen LogP contribution in [0.3, 0.4) is 0 Å². The van der Waals surface area contributed by atoms with E-state index in [1.807, 2.05) is 37.3 Å². The average molecular weight is 268 g/mol. The lowest BCUT2D eigenvalue weighted by atomic mass is 9.69. The van der Waals surface area contributed by atoms with E-state index in [1.165, 1.54) is 0 Å². The molecule has 94 valence electrons. The van der Waals surface area contributed by atoms with Crippen LogP contribution in [-0.2, 0) is 5.41 Å². The van der Waals surface area contributed by atoms with Gasteiger partial charge in [0, 0.05) is 0 Å². The standard InChI is InChI=1S/C14H12N4S/c1-14(9-5-3-2-4-6-9)10(7-15)12(17)18-13(19)11(14)8-16/h2-6,16H,17H2,1H3,(H,18,19). The second-order valence-electron chi connectivity index (χ2n) is 4.35. The molecule has 0 radical (unpaired) electrons. The van der Waals surface area contributed by atoms with Gasteiger partial charge in [-0.25, -0.2) is 0 Å². The fourth-order valence-corrected chi connectivity index (χ4v) is 2.65. The maximum Gasteiger partial charge on any atom is 0.118 e. The lowest BCUT2D eigenvalue weighted by Gasteiger charge is -2.36. The summed E-state index contributed by atoms with van der Waals surface area (Å²) < 4.78 is 0. The van der Waals surface area contributed by atoms with Crippen molar-refractivity contribution in [3.05, 3.63) is 52.9 Å². The summed E-state index contributed by atoms with van der Waals surface area (Å²) in [6.45, 7) is 1.83. The van der Waals surface area contributed by atoms with Crippen molar-refractivity contribution in [2.24, 2.45) is 5.73 Å². The number of hydrogen-bond donors (Lipinski definition) is 3. The largest absolute Gasteiger partial charge is 0.384 e. The zero-order chi connectivity index (χ0) is 14.0. The minimum absolute atomic E-state index is 0.234. The fourth-order valence-electron chi connectivity index (χ4n) is 2.28. The number of benzene rings is 1. The van der Waals surface area contributed by atoms with Gasteiger partial charge in [-0.05, 0) is 18.4 Å². The average Bonchev–Trinajstić information content (AvgIpc) is 2.40. The van der Waals surface area contributed by atoms with Crippen molar-refractivity contribution in [1.82, 2.24) is 5.32 Å². The van der Waals surface area contributed by atoms with E-state index in [2.05, 4.69) is 17.3 Å². The second kappa shape index (κ2) is 4.69. The smallest absolute Gasteiger partial charge is 0.118 e. The Morgan fingerprint density at radius 2 is 2.00 bits per heavy atom. The first-order valence-corrected chi connectivity index (χ1v) is 6.04. The first-order valence-electron chi connectivity index (χ1n) is 5.63. The van der Waals surface area contributed by atoms with Crippen LogP contribution in [0.25, 0.3) is 0 Å². The third-order valence-corrected chi connectivity index (χ3v) is 3.64. The maximum absolute atomic E-state index is 9.38. The zero-order valence-electron chi connectivity index (χ0n) is 10.3. The Hall–Kier alpha value is -2.41. The molecule has 1 unspecified atom stereocenters. The summed E-state index contributed by atoms with van der Waals surface area (Å²) in [6, 6.07) is 11.5. The molecule has 0 aliphatic carbocycles. The molecule has 1 aromatic rings. The number of rotatable bonds is 1. The summed E-state index contributed by atoms with van der Waals surface area (Å²) in [4.78, 5) is 0.331. The molecule has 0 amide bonds. The minimum atomic E-state index is -0.843. The Kier molecular flexibility index (Phi) is 3.22. The van der Waals surface area contributed by atoms with Gasteiger partial charge in [-0.3, -0.25) is 5.41 Å². The van der Waals surface area contributed by atoms with Crippen molar-refractivity contribution in [1.29, 1.82) is 10.7 Å². The van der Waals surface area contributed by atoms with E-state index in [0.717, 1.165) is 5.56 Å². The third kappa shape index (κ3) is 1.84. The first-order chi connectivity index (χ1) is 9.05. The van der Waals surface area contributed by atoms with E-state index in [1.54, 1.807) is 0 Å². The molecule has 0 saturated heterocycles. The predicted octanol–water partition coefficient (Wildman–Crippen LogP) is 1.74. The van der Waals surface area contributed by atoms with E-state index in [9.17, 15) is 5.26 Å². The molecule has 5 heteroatoms. The van der Waals surface area contributed by atoms with Crippen molar-refractivity contribution in [2.45, 2.75) is 12.3 Å². The highest BCUT2D eigenvalue weighted by Gasteiger charge is 2.43. The van der Waals surface area contributed by atoms with E-state index in [0.29, 0.717) is 16.1 Å². The molecular formula is C14H12N4S.